The number of hydrogen-bond acceptors (Lipinski definition) is 6. The van der Waals surface area contributed by atoms with Crippen LogP contribution in [0.4, 0.5) is 0 Å². The Bertz CT molecular complexity index is 1250. The molecule has 1 amide bonds. The summed E-state index contributed by atoms with van der Waals surface area (Å²) in [6, 6.07) is 9.65. The van der Waals surface area contributed by atoms with Crippen molar-refractivity contribution in [1.29, 1.82) is 0 Å². The zero-order valence-corrected chi connectivity index (χ0v) is 16.7. The van der Waals surface area contributed by atoms with Crippen molar-refractivity contribution < 1.29 is 9.90 Å². The van der Waals surface area contributed by atoms with E-state index in [-0.39, 0.29) is 35.3 Å². The zero-order valence-electron chi connectivity index (χ0n) is 15.1. The third-order valence-electron chi connectivity index (χ3n) is 4.55. The van der Waals surface area contributed by atoms with Gasteiger partial charge in [-0.25, -0.2) is 14.4 Å². The molecule has 0 aliphatic carbocycles. The van der Waals surface area contributed by atoms with Gasteiger partial charge in [-0.2, -0.15) is 5.10 Å². The molecule has 4 rings (SSSR count). The smallest absolute Gasteiger partial charge is 0.335 e. The summed E-state index contributed by atoms with van der Waals surface area (Å²) in [5, 5.41) is 18.6. The molecule has 0 radical (unpaired) electrons. The van der Waals surface area contributed by atoms with Crippen LogP contribution in [0.3, 0.4) is 0 Å². The second kappa shape index (κ2) is 7.34. The van der Waals surface area contributed by atoms with Crippen LogP contribution in [0.15, 0.2) is 56.5 Å². The van der Waals surface area contributed by atoms with Gasteiger partial charge in [0.2, 0.25) is 11.8 Å². The number of aromatic hydroxyl groups is 1. The number of nitrogens with zero attached hydrogens (tertiary/aromatic N) is 3. The highest BCUT2D eigenvalue weighted by atomic mass is 35.5. The van der Waals surface area contributed by atoms with E-state index in [1.807, 2.05) is 17.5 Å². The Balaban J connectivity index is 1.86. The molecular formula is C19H15ClN4O4S. The summed E-state index contributed by atoms with van der Waals surface area (Å²) in [4.78, 5) is 40.1. The van der Waals surface area contributed by atoms with Gasteiger partial charge in [-0.15, -0.1) is 11.3 Å². The van der Waals surface area contributed by atoms with Crippen LogP contribution in [-0.4, -0.2) is 31.3 Å². The minimum atomic E-state index is -0.810. The van der Waals surface area contributed by atoms with Gasteiger partial charge in [-0.1, -0.05) is 23.7 Å². The van der Waals surface area contributed by atoms with Gasteiger partial charge in [-0.05, 0) is 29.6 Å². The van der Waals surface area contributed by atoms with E-state index in [4.69, 9.17) is 11.6 Å². The molecule has 8 nitrogen and oxygen atoms in total. The molecule has 3 heterocycles. The van der Waals surface area contributed by atoms with Crippen molar-refractivity contribution in [2.45, 2.75) is 19.4 Å². The maximum absolute atomic E-state index is 12.5. The molecule has 0 bridgehead atoms. The highest BCUT2D eigenvalue weighted by molar-refractivity contribution is 7.10. The summed E-state index contributed by atoms with van der Waals surface area (Å²) in [5.41, 5.74) is -1.24. The summed E-state index contributed by atoms with van der Waals surface area (Å²) in [6.07, 6.45) is 0.227. The lowest BCUT2D eigenvalue weighted by Gasteiger charge is -2.18. The van der Waals surface area contributed by atoms with Gasteiger partial charge in [-0.3, -0.25) is 14.6 Å². The number of aromatic amines is 1. The molecule has 0 spiro atoms. The summed E-state index contributed by atoms with van der Waals surface area (Å²) >= 11 is 7.46. The highest BCUT2D eigenvalue weighted by Crippen LogP contribution is 2.35. The van der Waals surface area contributed by atoms with E-state index >= 15 is 0 Å². The molecule has 10 heteroatoms. The van der Waals surface area contributed by atoms with E-state index in [0.717, 1.165) is 9.44 Å². The molecule has 3 aromatic rings. The van der Waals surface area contributed by atoms with Crippen molar-refractivity contribution in [2.75, 3.05) is 0 Å². The predicted molar refractivity (Wildman–Crippen MR) is 110 cm³/mol. The van der Waals surface area contributed by atoms with E-state index in [9.17, 15) is 19.5 Å². The summed E-state index contributed by atoms with van der Waals surface area (Å²) in [6.45, 7) is 1.38. The normalized spacial score (nSPS) is 16.1. The number of H-pyrrole nitrogens is 1. The predicted octanol–water partition coefficient (Wildman–Crippen LogP) is 2.64. The number of carbonyl (C=O) groups excluding carboxylic acids is 1. The Morgan fingerprint density at radius 1 is 1.31 bits per heavy atom. The summed E-state index contributed by atoms with van der Waals surface area (Å²) < 4.78 is 0.946. The number of hydrazone groups is 1. The molecular weight excluding hydrogens is 416 g/mol. The van der Waals surface area contributed by atoms with Crippen LogP contribution in [0.25, 0.3) is 5.69 Å². The van der Waals surface area contributed by atoms with E-state index in [0.29, 0.717) is 5.02 Å². The molecule has 29 heavy (non-hydrogen) atoms. The first kappa shape index (κ1) is 19.2. The van der Waals surface area contributed by atoms with Gasteiger partial charge in [0.25, 0.3) is 5.56 Å². The Hall–Kier alpha value is -3.17. The lowest BCUT2D eigenvalue weighted by Crippen LogP contribution is -2.33. The number of aromatic nitrogens is 2. The third-order valence-corrected chi connectivity index (χ3v) is 5.75. The van der Waals surface area contributed by atoms with Crippen molar-refractivity contribution in [3.05, 3.63) is 78.1 Å². The molecule has 1 unspecified atom stereocenters. The summed E-state index contributed by atoms with van der Waals surface area (Å²) in [7, 11) is 0. The Morgan fingerprint density at radius 3 is 2.76 bits per heavy atom. The molecule has 1 aromatic carbocycles. The number of halogens is 1. The molecule has 0 fully saturated rings. The van der Waals surface area contributed by atoms with Gasteiger partial charge >= 0.3 is 5.69 Å². The second-order valence-corrected chi connectivity index (χ2v) is 7.83. The van der Waals surface area contributed by atoms with Crippen molar-refractivity contribution in [1.82, 2.24) is 14.6 Å². The Kier molecular flexibility index (Phi) is 4.85. The Morgan fingerprint density at radius 2 is 2.10 bits per heavy atom. The fraction of sp³-hybridized carbons (Fsp3) is 0.158. The lowest BCUT2D eigenvalue weighted by atomic mass is 10.0. The molecule has 0 saturated carbocycles. The molecule has 1 aliphatic heterocycles. The van der Waals surface area contributed by atoms with Crippen LogP contribution >= 0.6 is 22.9 Å². The average molecular weight is 431 g/mol. The van der Waals surface area contributed by atoms with Crippen LogP contribution in [0.2, 0.25) is 5.02 Å². The molecule has 1 atom stereocenters. The van der Waals surface area contributed by atoms with Crippen molar-refractivity contribution in [3.63, 3.8) is 0 Å². The number of rotatable bonds is 3. The van der Waals surface area contributed by atoms with Gasteiger partial charge in [0.15, 0.2) is 0 Å². The first-order valence-electron chi connectivity index (χ1n) is 8.62. The lowest BCUT2D eigenvalue weighted by molar-refractivity contribution is -0.130. The van der Waals surface area contributed by atoms with Crippen molar-refractivity contribution in [3.8, 4) is 11.6 Å². The second-order valence-electron chi connectivity index (χ2n) is 6.42. The van der Waals surface area contributed by atoms with E-state index in [1.165, 1.54) is 29.3 Å². The largest absolute Gasteiger partial charge is 0.493 e. The summed E-state index contributed by atoms with van der Waals surface area (Å²) in [5.74, 6) is -0.854. The fourth-order valence-electron chi connectivity index (χ4n) is 3.29. The van der Waals surface area contributed by atoms with Crippen molar-refractivity contribution in [2.24, 2.45) is 5.10 Å². The molecule has 148 valence electrons. The number of thiophene rings is 1. The number of amides is 1. The topological polar surface area (TPSA) is 108 Å². The quantitative estimate of drug-likeness (QED) is 0.665. The Labute approximate surface area is 173 Å². The number of benzene rings is 1. The molecule has 2 aromatic heterocycles. The standard InChI is InChI=1S/C19H15ClN4O4S/c1-10(25)24-14(15-6-3-7-29-15)9-13(22-24)16-17(26)21-19(28)23(18(16)27)12-5-2-4-11(20)8-12/h2-8,14,27H,9H2,1H3,(H,21,26,28). The SMILES string of the molecule is CC(=O)N1N=C(c2c(O)n(-c3cccc(Cl)c3)c(=O)[nH]c2=O)CC1c1cccs1. The number of carbonyl (C=O) groups is 1. The van der Waals surface area contributed by atoms with Gasteiger partial charge in [0.1, 0.15) is 5.56 Å². The highest BCUT2D eigenvalue weighted by Gasteiger charge is 2.35. The minimum Gasteiger partial charge on any atom is -0.493 e. The average Bonchev–Trinajstić information content (AvgIpc) is 3.31. The van der Waals surface area contributed by atoms with E-state index < -0.39 is 17.1 Å². The monoisotopic (exact) mass is 430 g/mol. The zero-order chi connectivity index (χ0) is 20.7. The van der Waals surface area contributed by atoms with Gasteiger partial charge < -0.3 is 5.11 Å². The van der Waals surface area contributed by atoms with Crippen LogP contribution in [0.5, 0.6) is 5.88 Å². The first-order chi connectivity index (χ1) is 13.9. The molecule has 1 aliphatic rings. The van der Waals surface area contributed by atoms with Crippen LogP contribution in [0, 0.1) is 0 Å². The maximum atomic E-state index is 12.5. The number of nitrogens with one attached hydrogen (secondary N) is 1. The van der Waals surface area contributed by atoms with Gasteiger partial charge in [0, 0.05) is 23.2 Å². The number of hydrogen-bond donors (Lipinski definition) is 2. The molecule has 0 saturated heterocycles. The maximum Gasteiger partial charge on any atom is 0.335 e. The minimum absolute atomic E-state index is 0.158. The fourth-order valence-corrected chi connectivity index (χ4v) is 4.29. The van der Waals surface area contributed by atoms with Crippen LogP contribution in [-0.2, 0) is 4.79 Å². The van der Waals surface area contributed by atoms with Crippen LogP contribution in [0.1, 0.15) is 29.8 Å². The van der Waals surface area contributed by atoms with Crippen molar-refractivity contribution >= 4 is 34.6 Å². The van der Waals surface area contributed by atoms with E-state index in [2.05, 4.69) is 10.1 Å². The molecule has 2 N–H and O–H groups in total. The van der Waals surface area contributed by atoms with E-state index in [1.54, 1.807) is 18.2 Å². The van der Waals surface area contributed by atoms with Gasteiger partial charge in [0.05, 0.1) is 17.4 Å². The van der Waals surface area contributed by atoms with Crippen LogP contribution < -0.4 is 11.2 Å². The third kappa shape index (κ3) is 3.39. The first-order valence-corrected chi connectivity index (χ1v) is 9.88.